The van der Waals surface area contributed by atoms with Crippen LogP contribution in [0, 0.1) is 11.8 Å². The van der Waals surface area contributed by atoms with Gasteiger partial charge >= 0.3 is 0 Å². The lowest BCUT2D eigenvalue weighted by Gasteiger charge is -2.26. The Morgan fingerprint density at radius 3 is 2.15 bits per heavy atom. The maximum absolute atomic E-state index is 12.4. The number of hydrogen-bond acceptors (Lipinski definition) is 3. The maximum atomic E-state index is 12.4. The lowest BCUT2D eigenvalue weighted by molar-refractivity contribution is -0.140. The summed E-state index contributed by atoms with van der Waals surface area (Å²) in [5, 5.41) is 0. The van der Waals surface area contributed by atoms with Gasteiger partial charge in [-0.25, -0.2) is 0 Å². The molecule has 0 bridgehead atoms. The third-order valence-corrected chi connectivity index (χ3v) is 3.40. The number of carbonyl (C=O) groups is 2. The summed E-state index contributed by atoms with van der Waals surface area (Å²) in [4.78, 5) is 25.0. The SMILES string of the molecule is CC(C)C(C)C(=O)N(CC(N)=O)Cc1ccc(N)cc1. The van der Waals surface area contributed by atoms with E-state index in [4.69, 9.17) is 11.5 Å². The van der Waals surface area contributed by atoms with Crippen molar-refractivity contribution in [1.82, 2.24) is 4.90 Å². The minimum Gasteiger partial charge on any atom is -0.399 e. The molecule has 5 nitrogen and oxygen atoms in total. The molecule has 110 valence electrons. The molecule has 2 amide bonds. The average Bonchev–Trinajstić information content (AvgIpc) is 2.38. The summed E-state index contributed by atoms with van der Waals surface area (Å²) in [7, 11) is 0. The maximum Gasteiger partial charge on any atom is 0.237 e. The molecule has 0 aliphatic rings. The van der Waals surface area contributed by atoms with Gasteiger partial charge in [0.15, 0.2) is 0 Å². The molecule has 0 heterocycles. The van der Waals surface area contributed by atoms with Crippen LogP contribution in [0.5, 0.6) is 0 Å². The van der Waals surface area contributed by atoms with E-state index in [1.807, 2.05) is 32.9 Å². The molecule has 4 N–H and O–H groups in total. The van der Waals surface area contributed by atoms with Crippen molar-refractivity contribution in [3.63, 3.8) is 0 Å². The minimum atomic E-state index is -0.509. The van der Waals surface area contributed by atoms with E-state index in [1.165, 1.54) is 4.90 Å². The van der Waals surface area contributed by atoms with Crippen LogP contribution >= 0.6 is 0 Å². The van der Waals surface area contributed by atoms with Gasteiger partial charge in [-0.3, -0.25) is 9.59 Å². The smallest absolute Gasteiger partial charge is 0.237 e. The van der Waals surface area contributed by atoms with Gasteiger partial charge in [0.25, 0.3) is 0 Å². The zero-order valence-corrected chi connectivity index (χ0v) is 12.3. The molecule has 0 aliphatic heterocycles. The summed E-state index contributed by atoms with van der Waals surface area (Å²) in [6, 6.07) is 7.23. The molecule has 0 spiro atoms. The summed E-state index contributed by atoms with van der Waals surface area (Å²) in [6.45, 7) is 6.12. The molecule has 5 heteroatoms. The van der Waals surface area contributed by atoms with Gasteiger partial charge in [0, 0.05) is 18.2 Å². The minimum absolute atomic E-state index is 0.0596. The molecule has 1 unspecified atom stereocenters. The van der Waals surface area contributed by atoms with Crippen LogP contribution < -0.4 is 11.5 Å². The molecule has 20 heavy (non-hydrogen) atoms. The van der Waals surface area contributed by atoms with Crippen LogP contribution in [0.25, 0.3) is 0 Å². The zero-order chi connectivity index (χ0) is 15.3. The number of carbonyl (C=O) groups excluding carboxylic acids is 2. The van der Waals surface area contributed by atoms with Gasteiger partial charge in [0.2, 0.25) is 11.8 Å². The summed E-state index contributed by atoms with van der Waals surface area (Å²) >= 11 is 0. The van der Waals surface area contributed by atoms with E-state index in [9.17, 15) is 9.59 Å². The molecule has 0 fully saturated rings. The second-order valence-electron chi connectivity index (χ2n) is 5.43. The van der Waals surface area contributed by atoms with Gasteiger partial charge in [-0.15, -0.1) is 0 Å². The number of nitrogens with two attached hydrogens (primary N) is 2. The van der Waals surface area contributed by atoms with Crippen molar-refractivity contribution < 1.29 is 9.59 Å². The van der Waals surface area contributed by atoms with Crippen LogP contribution in [-0.2, 0) is 16.1 Å². The Balaban J connectivity index is 2.86. The Labute approximate surface area is 119 Å². The Kier molecular flexibility index (Phi) is 5.55. The lowest BCUT2D eigenvalue weighted by atomic mass is 9.96. The first-order valence-electron chi connectivity index (χ1n) is 6.72. The number of hydrogen-bond donors (Lipinski definition) is 2. The average molecular weight is 277 g/mol. The fourth-order valence-corrected chi connectivity index (χ4v) is 1.82. The molecule has 1 rings (SSSR count). The summed E-state index contributed by atoms with van der Waals surface area (Å²) in [5.74, 6) is -0.507. The zero-order valence-electron chi connectivity index (χ0n) is 12.3. The van der Waals surface area contributed by atoms with Crippen molar-refractivity contribution in [3.8, 4) is 0 Å². The number of nitrogens with zero attached hydrogens (tertiary/aromatic N) is 1. The monoisotopic (exact) mass is 277 g/mol. The van der Waals surface area contributed by atoms with Crippen molar-refractivity contribution in [1.29, 1.82) is 0 Å². The first-order chi connectivity index (χ1) is 9.31. The van der Waals surface area contributed by atoms with Crippen LogP contribution in [-0.4, -0.2) is 23.3 Å². The topological polar surface area (TPSA) is 89.4 Å². The number of nitrogen functional groups attached to an aromatic ring is 1. The van der Waals surface area contributed by atoms with Crippen molar-refractivity contribution in [2.75, 3.05) is 12.3 Å². The number of anilines is 1. The Morgan fingerprint density at radius 1 is 1.15 bits per heavy atom. The highest BCUT2D eigenvalue weighted by atomic mass is 16.2. The van der Waals surface area contributed by atoms with E-state index in [0.29, 0.717) is 12.2 Å². The molecule has 1 aromatic carbocycles. The van der Waals surface area contributed by atoms with E-state index in [1.54, 1.807) is 12.1 Å². The number of benzene rings is 1. The largest absolute Gasteiger partial charge is 0.399 e. The number of amides is 2. The van der Waals surface area contributed by atoms with E-state index in [0.717, 1.165) is 5.56 Å². The molecule has 0 saturated carbocycles. The van der Waals surface area contributed by atoms with E-state index >= 15 is 0 Å². The second-order valence-corrected chi connectivity index (χ2v) is 5.43. The van der Waals surface area contributed by atoms with Crippen LogP contribution in [0.3, 0.4) is 0 Å². The Morgan fingerprint density at radius 2 is 1.70 bits per heavy atom. The Bertz CT molecular complexity index is 469. The predicted octanol–water partition coefficient (Wildman–Crippen LogP) is 1.37. The van der Waals surface area contributed by atoms with Crippen LogP contribution in [0.2, 0.25) is 0 Å². The van der Waals surface area contributed by atoms with Crippen LogP contribution in [0.1, 0.15) is 26.3 Å². The number of primary amides is 1. The second kappa shape index (κ2) is 6.93. The normalized spacial score (nSPS) is 12.2. The fourth-order valence-electron chi connectivity index (χ4n) is 1.82. The van der Waals surface area contributed by atoms with E-state index in [-0.39, 0.29) is 24.3 Å². The van der Waals surface area contributed by atoms with Gasteiger partial charge in [0.05, 0.1) is 6.54 Å². The van der Waals surface area contributed by atoms with Gasteiger partial charge in [-0.05, 0) is 23.6 Å². The summed E-state index contributed by atoms with van der Waals surface area (Å²) < 4.78 is 0. The van der Waals surface area contributed by atoms with Gasteiger partial charge in [-0.1, -0.05) is 32.9 Å². The highest BCUT2D eigenvalue weighted by molar-refractivity contribution is 5.85. The van der Waals surface area contributed by atoms with Crippen molar-refractivity contribution >= 4 is 17.5 Å². The quantitative estimate of drug-likeness (QED) is 0.770. The van der Waals surface area contributed by atoms with Gasteiger partial charge in [0.1, 0.15) is 0 Å². The fraction of sp³-hybridized carbons (Fsp3) is 0.467. The summed E-state index contributed by atoms with van der Waals surface area (Å²) in [5.41, 5.74) is 12.4. The molecular formula is C15H23N3O2. The van der Waals surface area contributed by atoms with Gasteiger partial charge < -0.3 is 16.4 Å². The van der Waals surface area contributed by atoms with E-state index < -0.39 is 5.91 Å². The van der Waals surface area contributed by atoms with Crippen LogP contribution in [0.15, 0.2) is 24.3 Å². The molecule has 1 aromatic rings. The lowest BCUT2D eigenvalue weighted by Crippen LogP contribution is -2.41. The van der Waals surface area contributed by atoms with Crippen LogP contribution in [0.4, 0.5) is 5.69 Å². The van der Waals surface area contributed by atoms with E-state index in [2.05, 4.69) is 0 Å². The molecule has 1 atom stereocenters. The molecule has 0 radical (unpaired) electrons. The Hall–Kier alpha value is -2.04. The highest BCUT2D eigenvalue weighted by Crippen LogP contribution is 2.16. The first kappa shape index (κ1) is 16.0. The molecule has 0 saturated heterocycles. The summed E-state index contributed by atoms with van der Waals surface area (Å²) in [6.07, 6.45) is 0. The molecule has 0 aliphatic carbocycles. The number of rotatable bonds is 6. The van der Waals surface area contributed by atoms with Crippen molar-refractivity contribution in [2.24, 2.45) is 17.6 Å². The molecule has 0 aromatic heterocycles. The predicted molar refractivity (Wildman–Crippen MR) is 79.5 cm³/mol. The third kappa shape index (κ3) is 4.57. The van der Waals surface area contributed by atoms with Crippen molar-refractivity contribution in [2.45, 2.75) is 27.3 Å². The first-order valence-corrected chi connectivity index (χ1v) is 6.72. The van der Waals surface area contributed by atoms with Crippen molar-refractivity contribution in [3.05, 3.63) is 29.8 Å². The highest BCUT2D eigenvalue weighted by Gasteiger charge is 2.24. The molecular weight excluding hydrogens is 254 g/mol. The third-order valence-electron chi connectivity index (χ3n) is 3.40. The standard InChI is InChI=1S/C15H23N3O2/c1-10(2)11(3)15(20)18(9-14(17)19)8-12-4-6-13(16)7-5-12/h4-7,10-11H,8-9,16H2,1-3H3,(H2,17,19). The van der Waals surface area contributed by atoms with Gasteiger partial charge in [-0.2, -0.15) is 0 Å².